The van der Waals surface area contributed by atoms with Crippen LogP contribution in [0.1, 0.15) is 168 Å². The maximum Gasteiger partial charge on any atom is 0.472 e. The van der Waals surface area contributed by atoms with E-state index in [-0.39, 0.29) is 6.42 Å². The zero-order valence-electron chi connectivity index (χ0n) is 46.4. The van der Waals surface area contributed by atoms with Crippen molar-refractivity contribution in [3.63, 3.8) is 0 Å². The average molecular weight is 1160 g/mol. The second-order valence-corrected chi connectivity index (χ2v) is 22.3. The number of phosphoric acid groups is 1. The lowest BCUT2D eigenvalue weighted by atomic mass is 9.84. The molecule has 0 aromatic carbocycles. The van der Waals surface area contributed by atoms with Gasteiger partial charge in [0.2, 0.25) is 0 Å². The molecule has 0 amide bonds. The van der Waals surface area contributed by atoms with Gasteiger partial charge in [-0.1, -0.05) is 147 Å². The van der Waals surface area contributed by atoms with Crippen molar-refractivity contribution in [2.75, 3.05) is 26.4 Å². The van der Waals surface area contributed by atoms with Crippen LogP contribution in [0.5, 0.6) is 0 Å². The van der Waals surface area contributed by atoms with Gasteiger partial charge in [-0.3, -0.25) is 13.8 Å². The number of hydrogen-bond donors (Lipinski definition) is 12. The third kappa shape index (κ3) is 26.0. The van der Waals surface area contributed by atoms with Crippen molar-refractivity contribution in [2.24, 2.45) is 0 Å². The van der Waals surface area contributed by atoms with Crippen LogP contribution in [0, 0.1) is 0 Å². The molecule has 1 saturated carbocycles. The SMILES string of the molecule is CCCCCCCC/C=C\CCCCCC(=O)OCC(COP(=O)(O)OC1C(OC2OC(CO)C(O)C(O)C2O)C(O)C(O)C(O)C1OC1OC(CO)C(O)C(O)C1O)OC(=O)/C=C/C=C/CCCCCCCCCCCCC. The Labute approximate surface area is 466 Å². The normalized spacial score (nSPS) is 31.7. The standard InChI is InChI=1S/C55H97O23P/c1-3-5-7-9-11-13-15-17-18-20-22-24-26-28-30-32-41(59)73-37(35-71-40(58)31-29-27-25-23-21-19-16-14-12-10-8-6-4-2)36-72-79(69,70)78-53-51(76-54-49(67)44(62)42(60)38(33-56)74-54)47(65)46(64)48(66)52(53)77-55-50(68)45(63)43(61)39(34-57)75-55/h19,21,26,28,30,32,37-39,42-57,60-68H,3-18,20,22-25,27,29,31,33-36H2,1-2H3,(H,69,70)/b21-19-,28-26+,32-30+. The minimum atomic E-state index is -5.66. The van der Waals surface area contributed by atoms with Gasteiger partial charge < -0.3 is 89.5 Å². The molecule has 79 heavy (non-hydrogen) atoms. The van der Waals surface area contributed by atoms with Gasteiger partial charge >= 0.3 is 19.8 Å². The first-order valence-corrected chi connectivity index (χ1v) is 30.4. The fourth-order valence-electron chi connectivity index (χ4n) is 9.43. The predicted octanol–water partition coefficient (Wildman–Crippen LogP) is 3.48. The van der Waals surface area contributed by atoms with Gasteiger partial charge in [0.05, 0.1) is 19.8 Å². The van der Waals surface area contributed by atoms with Gasteiger partial charge in [-0.25, -0.2) is 9.36 Å². The van der Waals surface area contributed by atoms with E-state index in [0.717, 1.165) is 63.9 Å². The van der Waals surface area contributed by atoms with Crippen molar-refractivity contribution >= 4 is 19.8 Å². The summed E-state index contributed by atoms with van der Waals surface area (Å²) < 4.78 is 57.8. The van der Waals surface area contributed by atoms with Gasteiger partial charge in [0.25, 0.3) is 0 Å². The van der Waals surface area contributed by atoms with Crippen LogP contribution in [-0.4, -0.2) is 204 Å². The molecule has 460 valence electrons. The molecule has 0 bridgehead atoms. The average Bonchev–Trinajstić information content (AvgIpc) is 3.46. The number of ether oxygens (including phenoxy) is 6. The number of hydrogen-bond acceptors (Lipinski definition) is 22. The van der Waals surface area contributed by atoms with Crippen LogP contribution >= 0.6 is 7.82 Å². The maximum absolute atomic E-state index is 14.0. The molecule has 2 saturated heterocycles. The summed E-state index contributed by atoms with van der Waals surface area (Å²) >= 11 is 0. The number of aliphatic hydroxyl groups excluding tert-OH is 11. The summed E-state index contributed by atoms with van der Waals surface area (Å²) in [6.07, 6.45) is 0.671. The highest BCUT2D eigenvalue weighted by molar-refractivity contribution is 7.47. The highest BCUT2D eigenvalue weighted by atomic mass is 31.2. The van der Waals surface area contributed by atoms with E-state index in [0.29, 0.717) is 6.42 Å². The van der Waals surface area contributed by atoms with Crippen LogP contribution < -0.4 is 0 Å². The summed E-state index contributed by atoms with van der Waals surface area (Å²) in [6.45, 7) is 0.860. The van der Waals surface area contributed by atoms with E-state index in [1.54, 1.807) is 6.08 Å². The van der Waals surface area contributed by atoms with Gasteiger partial charge in [-0.05, 0) is 44.9 Å². The third-order valence-corrected chi connectivity index (χ3v) is 15.3. The molecule has 2 heterocycles. The van der Waals surface area contributed by atoms with Crippen LogP contribution in [0.2, 0.25) is 0 Å². The van der Waals surface area contributed by atoms with Crippen molar-refractivity contribution in [3.05, 3.63) is 36.5 Å². The molecule has 1 aliphatic carbocycles. The second kappa shape index (κ2) is 40.0. The van der Waals surface area contributed by atoms with Crippen molar-refractivity contribution in [1.82, 2.24) is 0 Å². The number of carbonyl (C=O) groups is 2. The zero-order chi connectivity index (χ0) is 58.2. The molecule has 3 aliphatic rings. The van der Waals surface area contributed by atoms with Crippen molar-refractivity contribution < 1.29 is 113 Å². The first kappa shape index (κ1) is 70.9. The number of carbonyl (C=O) groups excluding carboxylic acids is 2. The summed E-state index contributed by atoms with van der Waals surface area (Å²) in [5, 5.41) is 116. The minimum Gasteiger partial charge on any atom is -0.462 e. The summed E-state index contributed by atoms with van der Waals surface area (Å²) in [5.74, 6) is -1.61. The largest absolute Gasteiger partial charge is 0.472 e. The number of rotatable bonds is 41. The highest BCUT2D eigenvalue weighted by Gasteiger charge is 2.58. The lowest BCUT2D eigenvalue weighted by Gasteiger charge is -2.49. The monoisotopic (exact) mass is 1160 g/mol. The molecule has 3 fully saturated rings. The maximum atomic E-state index is 14.0. The molecular formula is C55H97O23P. The van der Waals surface area contributed by atoms with Crippen molar-refractivity contribution in [3.8, 4) is 0 Å². The van der Waals surface area contributed by atoms with Gasteiger partial charge in [-0.15, -0.1) is 0 Å². The summed E-state index contributed by atoms with van der Waals surface area (Å²) in [6, 6.07) is 0. The summed E-state index contributed by atoms with van der Waals surface area (Å²) in [4.78, 5) is 37.3. The second-order valence-electron chi connectivity index (χ2n) is 20.9. The first-order chi connectivity index (χ1) is 37.9. The number of phosphoric ester groups is 1. The molecule has 0 radical (unpaired) electrons. The molecule has 0 aromatic rings. The molecule has 12 N–H and O–H groups in total. The first-order valence-electron chi connectivity index (χ1n) is 28.9. The quantitative estimate of drug-likeness (QED) is 0.0104. The van der Waals surface area contributed by atoms with Gasteiger partial charge in [-0.2, -0.15) is 0 Å². The Morgan fingerprint density at radius 2 is 0.924 bits per heavy atom. The van der Waals surface area contributed by atoms with Crippen LogP contribution in [0.4, 0.5) is 0 Å². The smallest absolute Gasteiger partial charge is 0.462 e. The van der Waals surface area contributed by atoms with Crippen molar-refractivity contribution in [2.45, 2.75) is 272 Å². The van der Waals surface area contributed by atoms with E-state index in [4.69, 9.17) is 37.5 Å². The Hall–Kier alpha value is -2.33. The number of aliphatic hydroxyl groups is 11. The van der Waals surface area contributed by atoms with E-state index in [1.165, 1.54) is 89.5 Å². The molecule has 23 nitrogen and oxygen atoms in total. The Morgan fingerprint density at radius 1 is 0.506 bits per heavy atom. The van der Waals surface area contributed by atoms with E-state index >= 15 is 0 Å². The highest BCUT2D eigenvalue weighted by Crippen LogP contribution is 2.49. The third-order valence-electron chi connectivity index (χ3n) is 14.3. The molecule has 16 atom stereocenters. The van der Waals surface area contributed by atoms with Crippen molar-refractivity contribution in [1.29, 1.82) is 0 Å². The molecular weight excluding hydrogens is 1060 g/mol. The fraction of sp³-hybridized carbons (Fsp3) is 0.855. The molecule has 2 aliphatic heterocycles. The topological polar surface area (TPSA) is 368 Å². The molecule has 0 aromatic heterocycles. The van der Waals surface area contributed by atoms with Crippen LogP contribution in [-0.2, 0) is 51.6 Å². The summed E-state index contributed by atoms with van der Waals surface area (Å²) in [5.41, 5.74) is 0. The van der Waals surface area contributed by atoms with Gasteiger partial charge in [0.1, 0.15) is 92.1 Å². The van der Waals surface area contributed by atoms with Crippen LogP contribution in [0.15, 0.2) is 36.5 Å². The molecule has 0 spiro atoms. The summed E-state index contributed by atoms with van der Waals surface area (Å²) in [7, 11) is -5.66. The lowest BCUT2D eigenvalue weighted by molar-refractivity contribution is -0.360. The Bertz CT molecular complexity index is 1720. The zero-order valence-corrected chi connectivity index (χ0v) is 47.3. The molecule has 3 rings (SSSR count). The predicted molar refractivity (Wildman–Crippen MR) is 286 cm³/mol. The fourth-order valence-corrected chi connectivity index (χ4v) is 10.4. The lowest BCUT2D eigenvalue weighted by Crippen LogP contribution is -2.69. The van der Waals surface area contributed by atoms with Gasteiger partial charge in [0, 0.05) is 12.5 Å². The van der Waals surface area contributed by atoms with E-state index in [1.807, 2.05) is 6.08 Å². The van der Waals surface area contributed by atoms with E-state index in [9.17, 15) is 75.2 Å². The molecule has 24 heteroatoms. The van der Waals surface area contributed by atoms with Crippen LogP contribution in [0.3, 0.4) is 0 Å². The molecule has 16 unspecified atom stereocenters. The number of esters is 2. The Balaban J connectivity index is 1.75. The Morgan fingerprint density at radius 3 is 1.38 bits per heavy atom. The Kier molecular flexibility index (Phi) is 35.9. The number of unbranched alkanes of at least 4 members (excludes halogenated alkanes) is 20. The minimum absolute atomic E-state index is 0.0122. The number of allylic oxidation sites excluding steroid dienone is 5. The van der Waals surface area contributed by atoms with Crippen LogP contribution in [0.25, 0.3) is 0 Å². The van der Waals surface area contributed by atoms with E-state index in [2.05, 4.69) is 26.0 Å². The van der Waals surface area contributed by atoms with E-state index < -0.39 is 150 Å². The van der Waals surface area contributed by atoms with Gasteiger partial charge in [0.15, 0.2) is 18.7 Å².